The summed E-state index contributed by atoms with van der Waals surface area (Å²) in [5, 5.41) is 8.29. The fraction of sp³-hybridized carbons (Fsp3) is 0.500. The SMILES string of the molecule is O=C(CNC(=O)c1cccc(C(F)(F)F)c1)NCC1CCNCC1. The highest BCUT2D eigenvalue weighted by Gasteiger charge is 2.30. The summed E-state index contributed by atoms with van der Waals surface area (Å²) in [7, 11) is 0. The zero-order chi connectivity index (χ0) is 17.6. The number of amides is 2. The van der Waals surface area contributed by atoms with E-state index in [2.05, 4.69) is 16.0 Å². The molecule has 1 aromatic carbocycles. The summed E-state index contributed by atoms with van der Waals surface area (Å²) in [4.78, 5) is 23.6. The first-order valence-electron chi connectivity index (χ1n) is 7.79. The van der Waals surface area contributed by atoms with Gasteiger partial charge in [0.05, 0.1) is 12.1 Å². The molecular formula is C16H20F3N3O2. The van der Waals surface area contributed by atoms with E-state index in [-0.39, 0.29) is 18.0 Å². The Morgan fingerprint density at radius 3 is 2.54 bits per heavy atom. The molecule has 1 heterocycles. The fourth-order valence-corrected chi connectivity index (χ4v) is 2.51. The number of hydrogen-bond donors (Lipinski definition) is 3. The van der Waals surface area contributed by atoms with Crippen molar-refractivity contribution in [2.75, 3.05) is 26.2 Å². The molecule has 1 aromatic rings. The van der Waals surface area contributed by atoms with Crippen LogP contribution < -0.4 is 16.0 Å². The molecule has 0 aromatic heterocycles. The summed E-state index contributed by atoms with van der Waals surface area (Å²) in [5.41, 5.74) is -1.03. The van der Waals surface area contributed by atoms with Crippen LogP contribution in [0.5, 0.6) is 0 Å². The molecule has 8 heteroatoms. The zero-order valence-corrected chi connectivity index (χ0v) is 13.1. The Kier molecular flexibility index (Phi) is 6.19. The quantitative estimate of drug-likeness (QED) is 0.760. The lowest BCUT2D eigenvalue weighted by atomic mass is 9.98. The van der Waals surface area contributed by atoms with Gasteiger partial charge in [-0.25, -0.2) is 0 Å². The van der Waals surface area contributed by atoms with Crippen LogP contribution in [0.15, 0.2) is 24.3 Å². The summed E-state index contributed by atoms with van der Waals surface area (Å²) < 4.78 is 37.9. The topological polar surface area (TPSA) is 70.2 Å². The second-order valence-corrected chi connectivity index (χ2v) is 5.76. The number of piperidine rings is 1. The van der Waals surface area contributed by atoms with Crippen molar-refractivity contribution >= 4 is 11.8 Å². The van der Waals surface area contributed by atoms with E-state index in [1.807, 2.05) is 0 Å². The van der Waals surface area contributed by atoms with E-state index in [0.29, 0.717) is 12.5 Å². The molecule has 0 atom stereocenters. The average Bonchev–Trinajstić information content (AvgIpc) is 2.58. The molecule has 0 unspecified atom stereocenters. The normalized spacial score (nSPS) is 15.8. The van der Waals surface area contributed by atoms with Gasteiger partial charge >= 0.3 is 6.18 Å². The van der Waals surface area contributed by atoms with Gasteiger partial charge in [-0.05, 0) is 50.0 Å². The van der Waals surface area contributed by atoms with Crippen molar-refractivity contribution in [3.8, 4) is 0 Å². The highest BCUT2D eigenvalue weighted by molar-refractivity contribution is 5.96. The monoisotopic (exact) mass is 343 g/mol. The lowest BCUT2D eigenvalue weighted by Gasteiger charge is -2.22. The van der Waals surface area contributed by atoms with Gasteiger partial charge in [0.2, 0.25) is 5.91 Å². The van der Waals surface area contributed by atoms with E-state index >= 15 is 0 Å². The van der Waals surface area contributed by atoms with Crippen LogP contribution in [0.4, 0.5) is 13.2 Å². The number of alkyl halides is 3. The predicted molar refractivity (Wildman–Crippen MR) is 82.4 cm³/mol. The van der Waals surface area contributed by atoms with Gasteiger partial charge < -0.3 is 16.0 Å². The Morgan fingerprint density at radius 2 is 1.88 bits per heavy atom. The molecule has 1 aliphatic rings. The Balaban J connectivity index is 1.79. The molecule has 0 aliphatic carbocycles. The summed E-state index contributed by atoms with van der Waals surface area (Å²) in [6, 6.07) is 4.09. The number of carbonyl (C=O) groups excluding carboxylic acids is 2. The molecule has 3 N–H and O–H groups in total. The molecule has 0 bridgehead atoms. The van der Waals surface area contributed by atoms with Crippen molar-refractivity contribution in [3.63, 3.8) is 0 Å². The molecule has 5 nitrogen and oxygen atoms in total. The van der Waals surface area contributed by atoms with Crippen LogP contribution in [0.3, 0.4) is 0 Å². The van der Waals surface area contributed by atoms with Gasteiger partial charge in [-0.1, -0.05) is 6.07 Å². The minimum Gasteiger partial charge on any atom is -0.354 e. The zero-order valence-electron chi connectivity index (χ0n) is 13.1. The van der Waals surface area contributed by atoms with Crippen molar-refractivity contribution in [1.29, 1.82) is 0 Å². The number of carbonyl (C=O) groups is 2. The van der Waals surface area contributed by atoms with Crippen LogP contribution in [0.1, 0.15) is 28.8 Å². The van der Waals surface area contributed by atoms with Crippen LogP contribution in [0.2, 0.25) is 0 Å². The first-order valence-corrected chi connectivity index (χ1v) is 7.79. The third kappa shape index (κ3) is 5.52. The van der Waals surface area contributed by atoms with E-state index in [4.69, 9.17) is 0 Å². The van der Waals surface area contributed by atoms with Gasteiger partial charge in [0, 0.05) is 12.1 Å². The summed E-state index contributed by atoms with van der Waals surface area (Å²) in [6.45, 7) is 2.12. The molecule has 0 spiro atoms. The summed E-state index contributed by atoms with van der Waals surface area (Å²) >= 11 is 0. The molecule has 132 valence electrons. The van der Waals surface area contributed by atoms with E-state index in [1.54, 1.807) is 0 Å². The maximum Gasteiger partial charge on any atom is 0.416 e. The molecule has 2 rings (SSSR count). The molecule has 0 saturated carbocycles. The van der Waals surface area contributed by atoms with Gasteiger partial charge in [0.25, 0.3) is 5.91 Å². The first kappa shape index (κ1) is 18.3. The number of benzene rings is 1. The second kappa shape index (κ2) is 8.14. The Morgan fingerprint density at radius 1 is 1.17 bits per heavy atom. The minimum atomic E-state index is -4.51. The second-order valence-electron chi connectivity index (χ2n) is 5.76. The van der Waals surface area contributed by atoms with Crippen molar-refractivity contribution in [2.24, 2.45) is 5.92 Å². The highest BCUT2D eigenvalue weighted by atomic mass is 19.4. The lowest BCUT2D eigenvalue weighted by molar-refractivity contribution is -0.137. The molecule has 1 saturated heterocycles. The highest BCUT2D eigenvalue weighted by Crippen LogP contribution is 2.29. The molecule has 24 heavy (non-hydrogen) atoms. The van der Waals surface area contributed by atoms with E-state index in [1.165, 1.54) is 6.07 Å². The summed E-state index contributed by atoms with van der Waals surface area (Å²) in [6.07, 6.45) is -2.55. The Bertz CT molecular complexity index is 584. The molecular weight excluding hydrogens is 323 g/mol. The molecule has 0 radical (unpaired) electrons. The fourth-order valence-electron chi connectivity index (χ4n) is 2.51. The molecule has 1 fully saturated rings. The lowest BCUT2D eigenvalue weighted by Crippen LogP contribution is -2.40. The van der Waals surface area contributed by atoms with Gasteiger partial charge in [-0.15, -0.1) is 0 Å². The molecule has 2 amide bonds. The van der Waals surface area contributed by atoms with E-state index in [0.717, 1.165) is 44.1 Å². The van der Waals surface area contributed by atoms with Gasteiger partial charge in [-0.2, -0.15) is 13.2 Å². The van der Waals surface area contributed by atoms with Gasteiger partial charge in [-0.3, -0.25) is 9.59 Å². The van der Waals surface area contributed by atoms with Crippen LogP contribution >= 0.6 is 0 Å². The number of hydrogen-bond acceptors (Lipinski definition) is 3. The van der Waals surface area contributed by atoms with Crippen molar-refractivity contribution < 1.29 is 22.8 Å². The van der Waals surface area contributed by atoms with Crippen molar-refractivity contribution in [2.45, 2.75) is 19.0 Å². The predicted octanol–water partition coefficient (Wildman–Crippen LogP) is 1.55. The maximum atomic E-state index is 12.6. The third-order valence-electron chi connectivity index (χ3n) is 3.91. The van der Waals surface area contributed by atoms with Gasteiger partial charge in [0.1, 0.15) is 0 Å². The van der Waals surface area contributed by atoms with Gasteiger partial charge in [0.15, 0.2) is 0 Å². The van der Waals surface area contributed by atoms with Crippen LogP contribution in [0.25, 0.3) is 0 Å². The third-order valence-corrected chi connectivity index (χ3v) is 3.91. The average molecular weight is 343 g/mol. The first-order chi connectivity index (χ1) is 11.4. The Hall–Kier alpha value is -2.09. The number of rotatable bonds is 5. The van der Waals surface area contributed by atoms with Crippen molar-refractivity contribution in [1.82, 2.24) is 16.0 Å². The Labute approximate surface area is 138 Å². The standard InChI is InChI=1S/C16H20F3N3O2/c17-16(18,19)13-3-1-2-12(8-13)15(24)22-10-14(23)21-9-11-4-6-20-7-5-11/h1-3,8,11,20H,4-7,9-10H2,(H,21,23)(H,22,24). The van der Waals surface area contributed by atoms with Crippen molar-refractivity contribution in [3.05, 3.63) is 35.4 Å². The van der Waals surface area contributed by atoms with E-state index < -0.39 is 17.6 Å². The maximum absolute atomic E-state index is 12.6. The largest absolute Gasteiger partial charge is 0.416 e. The number of halogens is 3. The van der Waals surface area contributed by atoms with Crippen LogP contribution in [0, 0.1) is 5.92 Å². The van der Waals surface area contributed by atoms with E-state index in [9.17, 15) is 22.8 Å². The smallest absolute Gasteiger partial charge is 0.354 e. The summed E-state index contributed by atoms with van der Waals surface area (Å²) in [5.74, 6) is -0.652. The molecule has 1 aliphatic heterocycles. The van der Waals surface area contributed by atoms with Crippen LogP contribution in [-0.2, 0) is 11.0 Å². The minimum absolute atomic E-state index is 0.129. The number of nitrogens with one attached hydrogen (secondary N) is 3. The van der Waals surface area contributed by atoms with Crippen LogP contribution in [-0.4, -0.2) is 38.0 Å².